The van der Waals surface area contributed by atoms with Crippen molar-refractivity contribution in [1.82, 2.24) is 0 Å². The zero-order chi connectivity index (χ0) is 24.5. The Hall–Kier alpha value is -2.82. The Labute approximate surface area is 220 Å². The molecule has 4 aromatic rings. The molecule has 4 aromatic carbocycles. The molecule has 0 saturated carbocycles. The van der Waals surface area contributed by atoms with E-state index in [2.05, 4.69) is 111 Å². The lowest BCUT2D eigenvalue weighted by Crippen LogP contribution is -2.41. The number of benzene rings is 4. The maximum absolute atomic E-state index is 6.42. The van der Waals surface area contributed by atoms with Gasteiger partial charge in [-0.1, -0.05) is 75.2 Å². The van der Waals surface area contributed by atoms with Gasteiger partial charge < -0.3 is 9.47 Å². The van der Waals surface area contributed by atoms with Crippen molar-refractivity contribution in [3.05, 3.63) is 97.1 Å². The first kappa shape index (κ1) is 23.6. The summed E-state index contributed by atoms with van der Waals surface area (Å²) in [6.45, 7) is 4.68. The molecule has 36 heavy (non-hydrogen) atoms. The summed E-state index contributed by atoms with van der Waals surface area (Å²) in [6.07, 6.45) is 4.70. The average molecular weight is 513 g/mol. The van der Waals surface area contributed by atoms with Crippen molar-refractivity contribution in [1.29, 1.82) is 0 Å². The number of rotatable bonds is 7. The Morgan fingerprint density at radius 3 is 1.03 bits per heavy atom. The number of fused-ring (bicyclic) bond motifs is 4. The summed E-state index contributed by atoms with van der Waals surface area (Å²) >= 11 is 0. The molecule has 2 aliphatic heterocycles. The number of ether oxygens (including phenoxy) is 2. The molecule has 0 saturated heterocycles. The van der Waals surface area contributed by atoms with Gasteiger partial charge in [0.15, 0.2) is 33.5 Å². The third-order valence-corrected chi connectivity index (χ3v) is 12.7. The Morgan fingerprint density at radius 1 is 0.472 bits per heavy atom. The van der Waals surface area contributed by atoms with E-state index < -0.39 is 0 Å². The largest absolute Gasteiger partial charge is 0.447 e. The summed E-state index contributed by atoms with van der Waals surface area (Å²) in [5.41, 5.74) is 0. The first-order valence-corrected chi connectivity index (χ1v) is 15.6. The molecular formula is C32H32O2S2+2. The van der Waals surface area contributed by atoms with Crippen LogP contribution in [0.4, 0.5) is 0 Å². The van der Waals surface area contributed by atoms with Gasteiger partial charge in [0.1, 0.15) is 0 Å². The van der Waals surface area contributed by atoms with Gasteiger partial charge in [-0.15, -0.1) is 0 Å². The molecule has 0 amide bonds. The molecule has 0 bridgehead atoms. The van der Waals surface area contributed by atoms with Crippen molar-refractivity contribution >= 4 is 21.8 Å². The molecule has 0 fully saturated rings. The molecule has 0 N–H and O–H groups in total. The summed E-state index contributed by atoms with van der Waals surface area (Å²) in [6, 6.07) is 34.9. The molecule has 0 spiro atoms. The minimum Gasteiger partial charge on any atom is -0.447 e. The van der Waals surface area contributed by atoms with Gasteiger partial charge in [0.25, 0.3) is 0 Å². The Bertz CT molecular complexity index is 1170. The summed E-state index contributed by atoms with van der Waals surface area (Å²) in [5.74, 6) is 4.08. The highest BCUT2D eigenvalue weighted by atomic mass is 32.2. The number of hydrogen-bond donors (Lipinski definition) is 0. The summed E-state index contributed by atoms with van der Waals surface area (Å²) in [4.78, 5) is 5.42. The smallest absolute Gasteiger partial charge is 0.203 e. The van der Waals surface area contributed by atoms with Gasteiger partial charge in [0.05, 0.1) is 21.8 Å². The number of para-hydroxylation sites is 4. The third kappa shape index (κ3) is 4.10. The maximum Gasteiger partial charge on any atom is 0.203 e. The van der Waals surface area contributed by atoms with Crippen LogP contribution in [0.2, 0.25) is 0 Å². The van der Waals surface area contributed by atoms with Crippen LogP contribution >= 0.6 is 0 Å². The fraction of sp³-hybridized carbons (Fsp3) is 0.250. The lowest BCUT2D eigenvalue weighted by Gasteiger charge is -2.31. The average Bonchev–Trinajstić information content (AvgIpc) is 2.92. The van der Waals surface area contributed by atoms with E-state index in [0.717, 1.165) is 35.8 Å². The van der Waals surface area contributed by atoms with Crippen molar-refractivity contribution in [2.24, 2.45) is 0 Å². The molecular weight excluding hydrogens is 480 g/mol. The van der Waals surface area contributed by atoms with Crippen LogP contribution in [0.3, 0.4) is 0 Å². The van der Waals surface area contributed by atoms with Gasteiger partial charge in [-0.05, 0) is 48.5 Å². The lowest BCUT2D eigenvalue weighted by atomic mass is 10.1. The van der Waals surface area contributed by atoms with Crippen LogP contribution < -0.4 is 9.47 Å². The van der Waals surface area contributed by atoms with Crippen LogP contribution in [0.5, 0.6) is 23.0 Å². The van der Waals surface area contributed by atoms with E-state index in [0.29, 0.717) is 10.5 Å². The predicted molar refractivity (Wildman–Crippen MR) is 151 cm³/mol. The van der Waals surface area contributed by atoms with E-state index in [1.807, 2.05) is 0 Å². The van der Waals surface area contributed by atoms with Crippen LogP contribution in [0, 0.1) is 0 Å². The second kappa shape index (κ2) is 10.3. The van der Waals surface area contributed by atoms with E-state index in [9.17, 15) is 0 Å². The molecule has 0 radical (unpaired) electrons. The quantitative estimate of drug-likeness (QED) is 0.230. The molecule has 0 unspecified atom stereocenters. The molecule has 2 heterocycles. The van der Waals surface area contributed by atoms with Crippen molar-refractivity contribution in [2.45, 2.75) is 69.6 Å². The summed E-state index contributed by atoms with van der Waals surface area (Å²) in [5, 5.41) is 1.01. The molecule has 2 nitrogen and oxygen atoms in total. The van der Waals surface area contributed by atoms with Gasteiger partial charge in [-0.25, -0.2) is 0 Å². The van der Waals surface area contributed by atoms with E-state index >= 15 is 0 Å². The molecule has 2 atom stereocenters. The van der Waals surface area contributed by atoms with Crippen LogP contribution in [0.1, 0.15) is 39.5 Å². The SMILES string of the molecule is CCC[C@H]([C@H](CCC)[S+]1c2ccccc2Oc2ccccc21)[S+]1c2ccccc2Oc2ccccc21. The first-order valence-electron chi connectivity index (χ1n) is 13.0. The fourth-order valence-electron chi connectivity index (χ4n) is 5.47. The normalized spacial score (nSPS) is 15.9. The van der Waals surface area contributed by atoms with E-state index in [1.165, 1.54) is 32.4 Å². The highest BCUT2D eigenvalue weighted by molar-refractivity contribution is 8.01. The maximum atomic E-state index is 6.42. The Kier molecular flexibility index (Phi) is 6.73. The lowest BCUT2D eigenvalue weighted by molar-refractivity contribution is 0.449. The van der Waals surface area contributed by atoms with Gasteiger partial charge in [-0.3, -0.25) is 0 Å². The van der Waals surface area contributed by atoms with Crippen LogP contribution in [-0.4, -0.2) is 10.5 Å². The highest BCUT2D eigenvalue weighted by Crippen LogP contribution is 2.52. The van der Waals surface area contributed by atoms with E-state index in [1.54, 1.807) is 0 Å². The molecule has 4 heteroatoms. The second-order valence-electron chi connectivity index (χ2n) is 9.32. The standard InChI is InChI=1S/C32H32O2S2/c1-3-13-31(35-27-19-9-5-15-23(27)33-24-16-6-10-20-28(24)35)32(14-4-2)36-29-21-11-7-17-25(29)34-26-18-8-12-22-30(26)36/h5-12,15-22,31-32H,3-4,13-14H2,1-2H3/q+2/t31-,32+. The van der Waals surface area contributed by atoms with Gasteiger partial charge in [-0.2, -0.15) is 0 Å². The number of hydrogen-bond acceptors (Lipinski definition) is 2. The summed E-state index contributed by atoms with van der Waals surface area (Å²) < 4.78 is 12.8. The van der Waals surface area contributed by atoms with Crippen LogP contribution in [0.15, 0.2) is 117 Å². The minimum atomic E-state index is -0.0779. The van der Waals surface area contributed by atoms with Crippen molar-refractivity contribution in [2.75, 3.05) is 0 Å². The van der Waals surface area contributed by atoms with E-state index in [4.69, 9.17) is 9.47 Å². The fourth-order valence-corrected chi connectivity index (χ4v) is 11.9. The third-order valence-electron chi connectivity index (χ3n) is 6.95. The molecule has 0 aliphatic carbocycles. The Balaban J connectivity index is 1.55. The van der Waals surface area contributed by atoms with Gasteiger partial charge >= 0.3 is 0 Å². The zero-order valence-corrected chi connectivity index (χ0v) is 22.5. The van der Waals surface area contributed by atoms with Crippen molar-refractivity contribution < 1.29 is 9.47 Å². The summed E-state index contributed by atoms with van der Waals surface area (Å²) in [7, 11) is -0.156. The molecule has 0 aromatic heterocycles. The first-order chi connectivity index (χ1) is 17.8. The van der Waals surface area contributed by atoms with Gasteiger partial charge in [0, 0.05) is 12.8 Å². The monoisotopic (exact) mass is 512 g/mol. The van der Waals surface area contributed by atoms with Crippen LogP contribution in [0.25, 0.3) is 0 Å². The van der Waals surface area contributed by atoms with Crippen LogP contribution in [-0.2, 0) is 21.8 Å². The highest BCUT2D eigenvalue weighted by Gasteiger charge is 2.55. The molecule has 182 valence electrons. The van der Waals surface area contributed by atoms with E-state index in [-0.39, 0.29) is 21.8 Å². The Morgan fingerprint density at radius 2 is 0.750 bits per heavy atom. The topological polar surface area (TPSA) is 18.5 Å². The van der Waals surface area contributed by atoms with Gasteiger partial charge in [0.2, 0.25) is 19.6 Å². The van der Waals surface area contributed by atoms with Crippen molar-refractivity contribution in [3.8, 4) is 23.0 Å². The zero-order valence-electron chi connectivity index (χ0n) is 20.9. The molecule has 6 rings (SSSR count). The van der Waals surface area contributed by atoms with Crippen molar-refractivity contribution in [3.63, 3.8) is 0 Å². The molecule has 2 aliphatic rings. The second-order valence-corrected chi connectivity index (χ2v) is 13.6. The predicted octanol–water partition coefficient (Wildman–Crippen LogP) is 9.01. The minimum absolute atomic E-state index is 0.0779.